The van der Waals surface area contributed by atoms with Gasteiger partial charge in [0.1, 0.15) is 6.10 Å². The van der Waals surface area contributed by atoms with E-state index in [1.54, 1.807) is 0 Å². The lowest BCUT2D eigenvalue weighted by molar-refractivity contribution is 0.0161. The molecule has 1 aliphatic carbocycles. The molecule has 0 spiro atoms. The van der Waals surface area contributed by atoms with Gasteiger partial charge in [-0.3, -0.25) is 0 Å². The second-order valence-electron chi connectivity index (χ2n) is 5.56. The Balaban J connectivity index is 1.88. The van der Waals surface area contributed by atoms with Gasteiger partial charge in [0, 0.05) is 13.1 Å². The fraction of sp³-hybridized carbons (Fsp3) is 0.824. The van der Waals surface area contributed by atoms with Gasteiger partial charge in [-0.15, -0.1) is 0 Å². The first-order valence-electron chi connectivity index (χ1n) is 8.85. The molecule has 140 valence electrons. The molecule has 0 fully saturated rings. The minimum atomic E-state index is -0.360. The Hall–Kier alpha value is -1.15. The molecule has 1 unspecified atom stereocenters. The molecule has 1 atom stereocenters. The van der Waals surface area contributed by atoms with Crippen molar-refractivity contribution in [1.82, 2.24) is 5.32 Å². The summed E-state index contributed by atoms with van der Waals surface area (Å²) in [7, 11) is 0. The number of rotatable bonds is 12. The number of alkyl carbamates (subject to hydrolysis) is 1. The number of hydrogen-bond donors (Lipinski definition) is 2. The second kappa shape index (κ2) is 15.4. The molecule has 0 saturated carbocycles. The third kappa shape index (κ3) is 12.3. The molecule has 0 aromatic rings. The van der Waals surface area contributed by atoms with E-state index in [2.05, 4.69) is 17.5 Å². The van der Waals surface area contributed by atoms with Crippen LogP contribution < -0.4 is 11.1 Å². The Bertz CT molecular complexity index is 339. The summed E-state index contributed by atoms with van der Waals surface area (Å²) in [6.45, 7) is 4.02. The summed E-state index contributed by atoms with van der Waals surface area (Å²) in [5, 5.41) is 2.71. The van der Waals surface area contributed by atoms with Crippen LogP contribution in [0.5, 0.6) is 0 Å². The van der Waals surface area contributed by atoms with Crippen molar-refractivity contribution in [2.75, 3.05) is 52.7 Å². The molecule has 7 heteroatoms. The van der Waals surface area contributed by atoms with Crippen molar-refractivity contribution in [3.8, 4) is 0 Å². The normalized spacial score (nSPS) is 18.0. The van der Waals surface area contributed by atoms with Crippen LogP contribution in [0, 0.1) is 0 Å². The molecule has 3 N–H and O–H groups in total. The largest absolute Gasteiger partial charge is 0.446 e. The highest BCUT2D eigenvalue weighted by atomic mass is 16.6. The first kappa shape index (κ1) is 20.9. The predicted molar refractivity (Wildman–Crippen MR) is 92.0 cm³/mol. The summed E-state index contributed by atoms with van der Waals surface area (Å²) in [6, 6.07) is 0. The zero-order valence-electron chi connectivity index (χ0n) is 14.5. The lowest BCUT2D eigenvalue weighted by Gasteiger charge is -2.18. The van der Waals surface area contributed by atoms with Gasteiger partial charge in [0.15, 0.2) is 0 Å². The maximum absolute atomic E-state index is 11.7. The molecule has 0 radical (unpaired) electrons. The summed E-state index contributed by atoms with van der Waals surface area (Å²) in [5.41, 5.74) is 5.30. The van der Waals surface area contributed by atoms with Gasteiger partial charge in [0.05, 0.1) is 39.6 Å². The summed E-state index contributed by atoms with van der Waals surface area (Å²) in [4.78, 5) is 11.7. The molecular weight excluding hydrogens is 312 g/mol. The van der Waals surface area contributed by atoms with E-state index in [1.165, 1.54) is 0 Å². The van der Waals surface area contributed by atoms with E-state index in [9.17, 15) is 4.79 Å². The van der Waals surface area contributed by atoms with Crippen LogP contribution in [0.1, 0.15) is 32.1 Å². The minimum Gasteiger partial charge on any atom is -0.446 e. The zero-order chi connectivity index (χ0) is 17.3. The van der Waals surface area contributed by atoms with Crippen molar-refractivity contribution < 1.29 is 23.7 Å². The van der Waals surface area contributed by atoms with E-state index in [-0.39, 0.29) is 12.2 Å². The average Bonchev–Trinajstić information content (AvgIpc) is 2.55. The Morgan fingerprint density at radius 3 is 2.38 bits per heavy atom. The molecule has 24 heavy (non-hydrogen) atoms. The third-order valence-electron chi connectivity index (χ3n) is 3.51. The Morgan fingerprint density at radius 1 is 0.958 bits per heavy atom. The van der Waals surface area contributed by atoms with E-state index in [4.69, 9.17) is 24.7 Å². The standard InChI is InChI=1S/C17H32N2O5/c18-8-10-21-12-14-23-15-13-22-11-9-19-17(20)24-16-6-4-2-1-3-5-7-16/h1-2,16H,3-15,18H2,(H,19,20). The van der Waals surface area contributed by atoms with Crippen LogP contribution in [-0.4, -0.2) is 64.9 Å². The second-order valence-corrected chi connectivity index (χ2v) is 5.56. The maximum Gasteiger partial charge on any atom is 0.407 e. The minimum absolute atomic E-state index is 0.0192. The highest BCUT2D eigenvalue weighted by Gasteiger charge is 2.14. The van der Waals surface area contributed by atoms with Crippen molar-refractivity contribution in [3.05, 3.63) is 12.2 Å². The molecule has 1 amide bonds. The van der Waals surface area contributed by atoms with Crippen molar-refractivity contribution in [3.63, 3.8) is 0 Å². The van der Waals surface area contributed by atoms with Gasteiger partial charge in [-0.1, -0.05) is 12.2 Å². The molecule has 0 aromatic heterocycles. The fourth-order valence-electron chi connectivity index (χ4n) is 2.29. The number of carbonyl (C=O) groups excluding carboxylic acids is 1. The van der Waals surface area contributed by atoms with Crippen LogP contribution in [0.2, 0.25) is 0 Å². The highest BCUT2D eigenvalue weighted by molar-refractivity contribution is 5.67. The number of nitrogens with one attached hydrogen (secondary N) is 1. The van der Waals surface area contributed by atoms with E-state index >= 15 is 0 Å². The Kier molecular flexibility index (Phi) is 13.4. The van der Waals surface area contributed by atoms with E-state index < -0.39 is 0 Å². The monoisotopic (exact) mass is 344 g/mol. The number of nitrogens with two attached hydrogens (primary N) is 1. The number of ether oxygens (including phenoxy) is 4. The van der Waals surface area contributed by atoms with Gasteiger partial charge in [-0.05, 0) is 32.1 Å². The molecule has 0 aromatic carbocycles. The lowest BCUT2D eigenvalue weighted by Crippen LogP contribution is -2.31. The Morgan fingerprint density at radius 2 is 1.62 bits per heavy atom. The number of carbonyl (C=O) groups is 1. The molecule has 0 bridgehead atoms. The van der Waals surface area contributed by atoms with Crippen LogP contribution in [0.3, 0.4) is 0 Å². The highest BCUT2D eigenvalue weighted by Crippen LogP contribution is 2.15. The van der Waals surface area contributed by atoms with Crippen molar-refractivity contribution in [2.24, 2.45) is 5.73 Å². The van der Waals surface area contributed by atoms with Crippen LogP contribution in [0.4, 0.5) is 4.79 Å². The summed E-state index contributed by atoms with van der Waals surface area (Å²) in [6.07, 6.45) is 8.95. The summed E-state index contributed by atoms with van der Waals surface area (Å²) in [5.74, 6) is 0. The van der Waals surface area contributed by atoms with Crippen LogP contribution >= 0.6 is 0 Å². The van der Waals surface area contributed by atoms with Gasteiger partial charge >= 0.3 is 6.09 Å². The van der Waals surface area contributed by atoms with Gasteiger partial charge < -0.3 is 30.0 Å². The maximum atomic E-state index is 11.7. The molecule has 1 aliphatic rings. The van der Waals surface area contributed by atoms with Crippen LogP contribution in [0.25, 0.3) is 0 Å². The average molecular weight is 344 g/mol. The van der Waals surface area contributed by atoms with Gasteiger partial charge in [-0.2, -0.15) is 0 Å². The topological polar surface area (TPSA) is 92.0 Å². The molecular formula is C17H32N2O5. The van der Waals surface area contributed by atoms with E-state index in [0.29, 0.717) is 52.7 Å². The van der Waals surface area contributed by atoms with Crippen molar-refractivity contribution >= 4 is 6.09 Å². The SMILES string of the molecule is NCCOCCOCCOCCNC(=O)OC1CCC=CCCC1. The van der Waals surface area contributed by atoms with Crippen LogP contribution in [-0.2, 0) is 18.9 Å². The zero-order valence-corrected chi connectivity index (χ0v) is 14.5. The lowest BCUT2D eigenvalue weighted by atomic mass is 10.0. The molecule has 7 nitrogen and oxygen atoms in total. The third-order valence-corrected chi connectivity index (χ3v) is 3.51. The fourth-order valence-corrected chi connectivity index (χ4v) is 2.29. The number of hydrogen-bond acceptors (Lipinski definition) is 6. The molecule has 0 saturated heterocycles. The smallest absolute Gasteiger partial charge is 0.407 e. The van der Waals surface area contributed by atoms with Crippen molar-refractivity contribution in [2.45, 2.75) is 38.2 Å². The van der Waals surface area contributed by atoms with Crippen molar-refractivity contribution in [1.29, 1.82) is 0 Å². The van der Waals surface area contributed by atoms with Gasteiger partial charge in [0.2, 0.25) is 0 Å². The Labute approximate surface area is 144 Å². The summed E-state index contributed by atoms with van der Waals surface area (Å²) >= 11 is 0. The molecule has 1 rings (SSSR count). The van der Waals surface area contributed by atoms with Crippen LogP contribution in [0.15, 0.2) is 12.2 Å². The summed E-state index contributed by atoms with van der Waals surface area (Å²) < 4.78 is 21.3. The van der Waals surface area contributed by atoms with E-state index in [0.717, 1.165) is 32.1 Å². The van der Waals surface area contributed by atoms with Gasteiger partial charge in [0.25, 0.3) is 0 Å². The first-order valence-corrected chi connectivity index (χ1v) is 8.85. The van der Waals surface area contributed by atoms with Gasteiger partial charge in [-0.25, -0.2) is 4.79 Å². The predicted octanol–water partition coefficient (Wildman–Crippen LogP) is 1.61. The quantitative estimate of drug-likeness (QED) is 0.413. The van der Waals surface area contributed by atoms with E-state index in [1.807, 2.05) is 0 Å². The number of allylic oxidation sites excluding steroid dienone is 2. The molecule has 0 aliphatic heterocycles. The number of amides is 1. The molecule has 0 heterocycles. The first-order chi connectivity index (χ1) is 11.8.